The van der Waals surface area contributed by atoms with E-state index >= 15 is 0 Å². The SMILES string of the molecule is CC(C)(C)[C@H](NC(=O)N[C@H](CN1C(=O)COCC1=O)C(C)(C)C)C(=O)N1CCC[C@H]1C(=O)NC(CC1CC1)C(=O)C(N)=O. The standard InChI is InChI=1S/C29H46N6O8/c1-28(2,3)19(13-35-20(36)14-43-15-21(35)37)32-27(42)33-23(29(4,5)6)26(41)34-11-7-8-18(34)25(40)31-17(12-16-9-10-16)22(38)24(30)39/h16-19,23H,7-15H2,1-6H3,(H2,30,39)(H,31,40)(H2,32,33,42)/t17?,18-,19+,23+/m0/s1. The van der Waals surface area contributed by atoms with Crippen molar-refractivity contribution in [3.8, 4) is 0 Å². The normalized spacial score (nSPS) is 21.6. The van der Waals surface area contributed by atoms with E-state index in [1.807, 2.05) is 20.8 Å². The van der Waals surface area contributed by atoms with Crippen LogP contribution in [0.15, 0.2) is 0 Å². The number of nitrogens with zero attached hydrogens (tertiary/aromatic N) is 2. The molecule has 1 aliphatic carbocycles. The third kappa shape index (κ3) is 8.97. The molecule has 0 radical (unpaired) electrons. The van der Waals surface area contributed by atoms with Crippen LogP contribution in [0.5, 0.6) is 0 Å². The number of ketones is 1. The number of carbonyl (C=O) groups is 7. The molecule has 3 aliphatic rings. The van der Waals surface area contributed by atoms with E-state index in [0.29, 0.717) is 19.3 Å². The predicted molar refractivity (Wildman–Crippen MR) is 154 cm³/mol. The van der Waals surface area contributed by atoms with E-state index in [2.05, 4.69) is 16.0 Å². The summed E-state index contributed by atoms with van der Waals surface area (Å²) >= 11 is 0. The van der Waals surface area contributed by atoms with E-state index in [4.69, 9.17) is 10.5 Å². The second-order valence-corrected chi connectivity index (χ2v) is 13.9. The summed E-state index contributed by atoms with van der Waals surface area (Å²) in [5.74, 6) is -3.75. The van der Waals surface area contributed by atoms with Crippen molar-refractivity contribution in [1.82, 2.24) is 25.8 Å². The van der Waals surface area contributed by atoms with Crippen LogP contribution in [0.2, 0.25) is 0 Å². The Morgan fingerprint density at radius 1 is 0.907 bits per heavy atom. The quantitative estimate of drug-likeness (QED) is 0.184. The summed E-state index contributed by atoms with van der Waals surface area (Å²) in [6, 6.07) is -4.28. The van der Waals surface area contributed by atoms with Crippen molar-refractivity contribution in [3.05, 3.63) is 0 Å². The predicted octanol–water partition coefficient (Wildman–Crippen LogP) is -0.169. The molecular weight excluding hydrogens is 560 g/mol. The van der Waals surface area contributed by atoms with Crippen LogP contribution in [0.25, 0.3) is 0 Å². The monoisotopic (exact) mass is 606 g/mol. The molecule has 0 aromatic carbocycles. The van der Waals surface area contributed by atoms with E-state index in [1.165, 1.54) is 4.90 Å². The number of nitrogens with two attached hydrogens (primary N) is 1. The molecule has 14 nitrogen and oxygen atoms in total. The Hall–Kier alpha value is -3.55. The van der Waals surface area contributed by atoms with Gasteiger partial charge in [-0.2, -0.15) is 0 Å². The highest BCUT2D eigenvalue weighted by Crippen LogP contribution is 2.34. The maximum absolute atomic E-state index is 13.9. The fourth-order valence-electron chi connectivity index (χ4n) is 5.25. The summed E-state index contributed by atoms with van der Waals surface area (Å²) in [6.45, 7) is 10.7. The van der Waals surface area contributed by atoms with Crippen molar-refractivity contribution in [2.45, 2.75) is 97.8 Å². The lowest BCUT2D eigenvalue weighted by molar-refractivity contribution is -0.159. The molecule has 3 fully saturated rings. The maximum atomic E-state index is 13.9. The van der Waals surface area contributed by atoms with Gasteiger partial charge in [0, 0.05) is 13.1 Å². The zero-order chi connectivity index (χ0) is 32.3. The largest absolute Gasteiger partial charge is 0.363 e. The van der Waals surface area contributed by atoms with Crippen molar-refractivity contribution in [2.24, 2.45) is 22.5 Å². The number of ether oxygens (including phenoxy) is 1. The minimum atomic E-state index is -1.12. The van der Waals surface area contributed by atoms with Crippen LogP contribution in [0.4, 0.5) is 4.79 Å². The van der Waals surface area contributed by atoms with E-state index in [1.54, 1.807) is 20.8 Å². The third-order valence-electron chi connectivity index (χ3n) is 8.14. The van der Waals surface area contributed by atoms with Crippen LogP contribution in [0.3, 0.4) is 0 Å². The molecule has 0 spiro atoms. The van der Waals surface area contributed by atoms with Gasteiger partial charge in [0.2, 0.25) is 17.6 Å². The second kappa shape index (κ2) is 13.4. The van der Waals surface area contributed by atoms with Gasteiger partial charge < -0.3 is 31.3 Å². The van der Waals surface area contributed by atoms with Crippen molar-refractivity contribution < 1.29 is 38.3 Å². The number of amides is 7. The average Bonchev–Trinajstić information content (AvgIpc) is 3.57. The molecule has 3 rings (SSSR count). The highest BCUT2D eigenvalue weighted by atomic mass is 16.5. The number of rotatable bonds is 11. The molecular formula is C29H46N6O8. The molecule has 1 saturated carbocycles. The summed E-state index contributed by atoms with van der Waals surface area (Å²) in [4.78, 5) is 91.6. The minimum absolute atomic E-state index is 0.0630. The molecule has 0 aromatic heterocycles. The molecule has 0 bridgehead atoms. The topological polar surface area (TPSA) is 197 Å². The molecule has 2 aliphatic heterocycles. The fourth-order valence-corrected chi connectivity index (χ4v) is 5.25. The van der Waals surface area contributed by atoms with Gasteiger partial charge in [-0.25, -0.2) is 4.79 Å². The van der Waals surface area contributed by atoms with Crippen LogP contribution in [-0.4, -0.2) is 102 Å². The molecule has 43 heavy (non-hydrogen) atoms. The van der Waals surface area contributed by atoms with E-state index < -0.39 is 76.3 Å². The highest BCUT2D eigenvalue weighted by Gasteiger charge is 2.44. The first-order valence-electron chi connectivity index (χ1n) is 14.8. The van der Waals surface area contributed by atoms with Gasteiger partial charge in [-0.3, -0.25) is 33.7 Å². The van der Waals surface area contributed by atoms with Crippen LogP contribution in [0, 0.1) is 16.7 Å². The lowest BCUT2D eigenvalue weighted by atomic mass is 9.85. The van der Waals surface area contributed by atoms with E-state index in [9.17, 15) is 33.6 Å². The third-order valence-corrected chi connectivity index (χ3v) is 8.14. The average molecular weight is 607 g/mol. The fraction of sp³-hybridized carbons (Fsp3) is 0.759. The zero-order valence-corrected chi connectivity index (χ0v) is 26.0. The first-order chi connectivity index (χ1) is 19.9. The van der Waals surface area contributed by atoms with Gasteiger partial charge in [-0.15, -0.1) is 0 Å². The Kier molecular flexibility index (Phi) is 10.6. The highest BCUT2D eigenvalue weighted by molar-refractivity contribution is 6.37. The Balaban J connectivity index is 1.72. The summed E-state index contributed by atoms with van der Waals surface area (Å²) in [5, 5.41) is 8.25. The summed E-state index contributed by atoms with van der Waals surface area (Å²) in [7, 11) is 0. The van der Waals surface area contributed by atoms with Gasteiger partial charge in [0.1, 0.15) is 25.3 Å². The molecule has 14 heteroatoms. The maximum Gasteiger partial charge on any atom is 0.315 e. The number of morpholine rings is 1. The molecule has 4 atom stereocenters. The number of hydrogen-bond acceptors (Lipinski definition) is 8. The molecule has 5 N–H and O–H groups in total. The van der Waals surface area contributed by atoms with Crippen molar-refractivity contribution in [2.75, 3.05) is 26.3 Å². The second-order valence-electron chi connectivity index (χ2n) is 13.9. The minimum Gasteiger partial charge on any atom is -0.363 e. The van der Waals surface area contributed by atoms with Gasteiger partial charge in [-0.1, -0.05) is 54.4 Å². The Bertz CT molecular complexity index is 1120. The number of carbonyl (C=O) groups excluding carboxylic acids is 7. The molecule has 7 amide bonds. The smallest absolute Gasteiger partial charge is 0.315 e. The van der Waals surface area contributed by atoms with Gasteiger partial charge in [0.25, 0.3) is 17.7 Å². The Morgan fingerprint density at radius 3 is 2.02 bits per heavy atom. The van der Waals surface area contributed by atoms with Gasteiger partial charge in [-0.05, 0) is 36.0 Å². The molecule has 2 heterocycles. The van der Waals surface area contributed by atoms with Crippen LogP contribution in [-0.2, 0) is 33.5 Å². The van der Waals surface area contributed by atoms with Gasteiger partial charge >= 0.3 is 6.03 Å². The molecule has 1 unspecified atom stereocenters. The first-order valence-corrected chi connectivity index (χ1v) is 14.8. The number of Topliss-reactive ketones (excluding diaryl/α,β-unsaturated/α-hetero) is 1. The molecule has 240 valence electrons. The zero-order valence-electron chi connectivity index (χ0n) is 26.0. The number of likely N-dealkylation sites (tertiary alicyclic amines) is 1. The van der Waals surface area contributed by atoms with Gasteiger partial charge in [0.05, 0.1) is 12.1 Å². The van der Waals surface area contributed by atoms with Crippen molar-refractivity contribution >= 4 is 41.4 Å². The summed E-state index contributed by atoms with van der Waals surface area (Å²) in [6.07, 6.45) is 3.02. The lowest BCUT2D eigenvalue weighted by Crippen LogP contribution is -2.62. The van der Waals surface area contributed by atoms with Crippen molar-refractivity contribution in [3.63, 3.8) is 0 Å². The molecule has 0 aromatic rings. The molecule has 2 saturated heterocycles. The summed E-state index contributed by atoms with van der Waals surface area (Å²) in [5.41, 5.74) is 3.88. The van der Waals surface area contributed by atoms with E-state index in [-0.39, 0.29) is 32.2 Å². The number of hydrogen-bond donors (Lipinski definition) is 4. The number of urea groups is 1. The summed E-state index contributed by atoms with van der Waals surface area (Å²) < 4.78 is 4.98. The van der Waals surface area contributed by atoms with Gasteiger partial charge in [0.15, 0.2) is 0 Å². The van der Waals surface area contributed by atoms with Crippen LogP contribution in [0.1, 0.15) is 73.6 Å². The number of primary amides is 1. The number of nitrogens with one attached hydrogen (secondary N) is 3. The Morgan fingerprint density at radius 2 is 1.51 bits per heavy atom. The van der Waals surface area contributed by atoms with Crippen molar-refractivity contribution in [1.29, 1.82) is 0 Å². The van der Waals surface area contributed by atoms with Crippen LogP contribution < -0.4 is 21.7 Å². The first kappa shape index (κ1) is 33.9. The number of imide groups is 1. The van der Waals surface area contributed by atoms with E-state index in [0.717, 1.165) is 17.7 Å². The Labute approximate surface area is 252 Å². The van der Waals surface area contributed by atoms with Crippen LogP contribution >= 0.6 is 0 Å². The lowest BCUT2D eigenvalue weighted by Gasteiger charge is -2.38.